The van der Waals surface area contributed by atoms with Crippen molar-refractivity contribution in [3.05, 3.63) is 35.9 Å². The fourth-order valence-electron chi connectivity index (χ4n) is 2.92. The molecule has 1 aliphatic heterocycles. The van der Waals surface area contributed by atoms with Crippen LogP contribution >= 0.6 is 0 Å². The van der Waals surface area contributed by atoms with Crippen LogP contribution in [0.2, 0.25) is 0 Å². The fourth-order valence-corrected chi connectivity index (χ4v) is 2.92. The molecule has 0 aromatic heterocycles. The van der Waals surface area contributed by atoms with E-state index >= 15 is 0 Å². The zero-order valence-corrected chi connectivity index (χ0v) is 11.6. The second kappa shape index (κ2) is 4.70. The van der Waals surface area contributed by atoms with Crippen LogP contribution in [0.15, 0.2) is 30.3 Å². The number of likely N-dealkylation sites (tertiary alicyclic amines) is 1. The van der Waals surface area contributed by atoms with E-state index in [1.165, 1.54) is 4.90 Å². The zero-order chi connectivity index (χ0) is 14.3. The van der Waals surface area contributed by atoms with Gasteiger partial charge in [0.2, 0.25) is 11.8 Å². The lowest BCUT2D eigenvalue weighted by Gasteiger charge is -2.24. The number of rotatable bonds is 4. The molecule has 1 aromatic rings. The highest BCUT2D eigenvalue weighted by atomic mass is 16.3. The van der Waals surface area contributed by atoms with Crippen LogP contribution in [0.3, 0.4) is 0 Å². The maximum Gasteiger partial charge on any atom is 0.240 e. The summed E-state index contributed by atoms with van der Waals surface area (Å²) in [4.78, 5) is 26.0. The van der Waals surface area contributed by atoms with Crippen molar-refractivity contribution in [3.8, 4) is 0 Å². The average molecular weight is 273 g/mol. The molecule has 1 aliphatic carbocycles. The lowest BCUT2D eigenvalue weighted by Crippen LogP contribution is -2.41. The monoisotopic (exact) mass is 273 g/mol. The van der Waals surface area contributed by atoms with Gasteiger partial charge in [0.25, 0.3) is 0 Å². The zero-order valence-electron chi connectivity index (χ0n) is 11.6. The van der Waals surface area contributed by atoms with E-state index in [0.29, 0.717) is 0 Å². The van der Waals surface area contributed by atoms with Crippen LogP contribution in [0.5, 0.6) is 0 Å². The standard InChI is InChI=1S/C16H19NO3/c1-16(12-5-3-2-4-6-12)9-14(19)17(15(16)20)10-13(18)11-7-8-11/h2-6,11,13,18H,7-10H2,1H3. The van der Waals surface area contributed by atoms with E-state index in [1.807, 2.05) is 37.3 Å². The number of imide groups is 1. The summed E-state index contributed by atoms with van der Waals surface area (Å²) < 4.78 is 0. The second-order valence-corrected chi connectivity index (χ2v) is 6.09. The first-order valence-electron chi connectivity index (χ1n) is 7.11. The van der Waals surface area contributed by atoms with E-state index in [-0.39, 0.29) is 30.7 Å². The van der Waals surface area contributed by atoms with Crippen molar-refractivity contribution in [1.29, 1.82) is 0 Å². The number of benzene rings is 1. The van der Waals surface area contributed by atoms with Crippen molar-refractivity contribution in [2.24, 2.45) is 5.92 Å². The van der Waals surface area contributed by atoms with E-state index in [0.717, 1.165) is 18.4 Å². The summed E-state index contributed by atoms with van der Waals surface area (Å²) in [5.41, 5.74) is 0.0727. The molecule has 2 aliphatic rings. The molecule has 106 valence electrons. The average Bonchev–Trinajstić information content (AvgIpc) is 3.26. The Labute approximate surface area is 118 Å². The quantitative estimate of drug-likeness (QED) is 0.845. The minimum absolute atomic E-state index is 0.144. The lowest BCUT2D eigenvalue weighted by atomic mass is 9.81. The molecule has 1 saturated carbocycles. The first-order valence-corrected chi connectivity index (χ1v) is 7.11. The Balaban J connectivity index is 1.82. The number of β-amino-alcohol motifs (C(OH)–C–C–N with tert-alkyl or cyclic N) is 1. The first kappa shape index (κ1) is 13.3. The fraction of sp³-hybridized carbons (Fsp3) is 0.500. The molecule has 2 fully saturated rings. The Morgan fingerprint density at radius 2 is 1.95 bits per heavy atom. The highest BCUT2D eigenvalue weighted by molar-refractivity contribution is 6.08. The number of hydrogen-bond donors (Lipinski definition) is 1. The van der Waals surface area contributed by atoms with Gasteiger partial charge in [-0.05, 0) is 31.2 Å². The Kier molecular flexibility index (Phi) is 3.13. The molecular formula is C16H19NO3. The Hall–Kier alpha value is -1.68. The van der Waals surface area contributed by atoms with Crippen LogP contribution in [0, 0.1) is 5.92 Å². The molecule has 1 heterocycles. The smallest absolute Gasteiger partial charge is 0.240 e. The molecule has 1 saturated heterocycles. The van der Waals surface area contributed by atoms with Gasteiger partial charge in [-0.1, -0.05) is 30.3 Å². The molecule has 0 radical (unpaired) electrons. The van der Waals surface area contributed by atoms with Crippen molar-refractivity contribution < 1.29 is 14.7 Å². The summed E-state index contributed by atoms with van der Waals surface area (Å²) in [6.45, 7) is 1.96. The van der Waals surface area contributed by atoms with Gasteiger partial charge in [0, 0.05) is 6.42 Å². The Morgan fingerprint density at radius 1 is 1.30 bits per heavy atom. The van der Waals surface area contributed by atoms with Crippen LogP contribution < -0.4 is 0 Å². The van der Waals surface area contributed by atoms with Crippen LogP contribution in [0.4, 0.5) is 0 Å². The predicted molar refractivity (Wildman–Crippen MR) is 73.9 cm³/mol. The van der Waals surface area contributed by atoms with E-state index in [4.69, 9.17) is 0 Å². The number of carbonyl (C=O) groups is 2. The third kappa shape index (κ3) is 2.14. The first-order chi connectivity index (χ1) is 9.52. The summed E-state index contributed by atoms with van der Waals surface area (Å²) in [5, 5.41) is 9.98. The van der Waals surface area contributed by atoms with Gasteiger partial charge in [0.15, 0.2) is 0 Å². The van der Waals surface area contributed by atoms with Gasteiger partial charge < -0.3 is 5.11 Å². The minimum Gasteiger partial charge on any atom is -0.391 e. The van der Waals surface area contributed by atoms with Crippen molar-refractivity contribution in [2.45, 2.75) is 37.7 Å². The van der Waals surface area contributed by atoms with Gasteiger partial charge >= 0.3 is 0 Å². The Morgan fingerprint density at radius 3 is 2.55 bits per heavy atom. The predicted octanol–water partition coefficient (Wildman–Crippen LogP) is 1.47. The molecule has 1 aromatic carbocycles. The molecule has 3 rings (SSSR count). The maximum absolute atomic E-state index is 12.6. The highest BCUT2D eigenvalue weighted by Gasteiger charge is 2.50. The van der Waals surface area contributed by atoms with Crippen LogP contribution in [-0.4, -0.2) is 34.5 Å². The molecule has 0 bridgehead atoms. The summed E-state index contributed by atoms with van der Waals surface area (Å²) in [5.74, 6) is -0.103. The molecule has 0 spiro atoms. The molecular weight excluding hydrogens is 254 g/mol. The maximum atomic E-state index is 12.6. The van der Waals surface area contributed by atoms with Crippen molar-refractivity contribution in [2.75, 3.05) is 6.54 Å². The number of aliphatic hydroxyl groups is 1. The number of carbonyl (C=O) groups excluding carboxylic acids is 2. The van der Waals surface area contributed by atoms with Gasteiger partial charge in [0.1, 0.15) is 0 Å². The molecule has 1 N–H and O–H groups in total. The van der Waals surface area contributed by atoms with E-state index in [2.05, 4.69) is 0 Å². The largest absolute Gasteiger partial charge is 0.391 e. The van der Waals surface area contributed by atoms with Gasteiger partial charge in [-0.3, -0.25) is 14.5 Å². The Bertz CT molecular complexity index is 538. The molecule has 20 heavy (non-hydrogen) atoms. The van der Waals surface area contributed by atoms with Crippen molar-refractivity contribution >= 4 is 11.8 Å². The molecule has 2 atom stereocenters. The number of amides is 2. The number of nitrogens with zero attached hydrogens (tertiary/aromatic N) is 1. The summed E-state index contributed by atoms with van der Waals surface area (Å²) in [7, 11) is 0. The van der Waals surface area contributed by atoms with E-state index in [1.54, 1.807) is 0 Å². The minimum atomic E-state index is -0.790. The van der Waals surface area contributed by atoms with Gasteiger partial charge in [-0.25, -0.2) is 0 Å². The summed E-state index contributed by atoms with van der Waals surface area (Å²) >= 11 is 0. The highest BCUT2D eigenvalue weighted by Crippen LogP contribution is 2.38. The molecule has 4 heteroatoms. The van der Waals surface area contributed by atoms with Crippen LogP contribution in [0.1, 0.15) is 31.7 Å². The third-order valence-electron chi connectivity index (χ3n) is 4.47. The van der Waals surface area contributed by atoms with Crippen molar-refractivity contribution in [3.63, 3.8) is 0 Å². The third-order valence-corrected chi connectivity index (χ3v) is 4.47. The second-order valence-electron chi connectivity index (χ2n) is 6.09. The molecule has 4 nitrogen and oxygen atoms in total. The topological polar surface area (TPSA) is 57.6 Å². The molecule has 2 unspecified atom stereocenters. The summed E-state index contributed by atoms with van der Waals surface area (Å²) in [6, 6.07) is 9.40. The van der Waals surface area contributed by atoms with E-state index < -0.39 is 11.5 Å². The summed E-state index contributed by atoms with van der Waals surface area (Å²) in [6.07, 6.45) is 1.61. The van der Waals surface area contributed by atoms with Crippen LogP contribution in [0.25, 0.3) is 0 Å². The number of aliphatic hydroxyl groups excluding tert-OH is 1. The van der Waals surface area contributed by atoms with E-state index in [9.17, 15) is 14.7 Å². The van der Waals surface area contributed by atoms with Gasteiger partial charge in [0.05, 0.1) is 18.1 Å². The molecule has 2 amide bonds. The normalized spacial score (nSPS) is 28.0. The van der Waals surface area contributed by atoms with Gasteiger partial charge in [-0.15, -0.1) is 0 Å². The lowest BCUT2D eigenvalue weighted by molar-refractivity contribution is -0.141. The SMILES string of the molecule is CC1(c2ccccc2)CC(=O)N(CC(O)C2CC2)C1=O. The van der Waals surface area contributed by atoms with Gasteiger partial charge in [-0.2, -0.15) is 0 Å². The van der Waals surface area contributed by atoms with Crippen LogP contribution in [-0.2, 0) is 15.0 Å². The number of hydrogen-bond acceptors (Lipinski definition) is 3. The van der Waals surface area contributed by atoms with Crippen molar-refractivity contribution in [1.82, 2.24) is 4.90 Å².